The monoisotopic (exact) mass is 1080 g/mol. The van der Waals surface area contributed by atoms with E-state index in [0.29, 0.717) is 12.2 Å². The Morgan fingerprint density at radius 2 is 1.64 bits per heavy atom. The quantitative estimate of drug-likeness (QED) is 0.0526. The molecule has 2 fully saturated rings. The van der Waals surface area contributed by atoms with Gasteiger partial charge in [0.1, 0.15) is 59.4 Å². The van der Waals surface area contributed by atoms with Crippen molar-refractivity contribution in [3.05, 3.63) is 75.5 Å². The minimum absolute atomic E-state index is 0.0173. The predicted octanol–water partition coefficient (Wildman–Crippen LogP) is 1.43. The highest BCUT2D eigenvalue weighted by Crippen LogP contribution is 2.52. The molecule has 5 aliphatic rings. The predicted molar refractivity (Wildman–Crippen MR) is 272 cm³/mol. The number of carbonyl (C=O) groups is 8. The largest absolute Gasteiger partial charge is 0.507 e. The summed E-state index contributed by atoms with van der Waals surface area (Å²) in [7, 11) is 4.27. The molecule has 2 bridgehead atoms. The van der Waals surface area contributed by atoms with E-state index in [4.69, 9.17) is 24.7 Å². The number of ether oxygens (including phenoxy) is 4. The lowest BCUT2D eigenvalue weighted by molar-refractivity contribution is -0.247. The van der Waals surface area contributed by atoms with Gasteiger partial charge in [-0.3, -0.25) is 33.6 Å². The van der Waals surface area contributed by atoms with Crippen LogP contribution in [0.4, 0.5) is 0 Å². The maximum Gasteiger partial charge on any atom is 0.329 e. The Hall–Kier alpha value is -5.86. The van der Waals surface area contributed by atoms with E-state index in [2.05, 4.69) is 21.3 Å². The number of phenolic OH excluding ortho intramolecular Hbond substituents is 2. The Bertz CT molecular complexity index is 2630. The molecule has 0 aromatic heterocycles. The summed E-state index contributed by atoms with van der Waals surface area (Å²) in [5.41, 5.74) is 2.33. The van der Waals surface area contributed by atoms with Gasteiger partial charge in [0.25, 0.3) is 5.91 Å². The zero-order valence-corrected chi connectivity index (χ0v) is 44.1. The standard InChI is InChI=1S/C27H29NO11.C24H36N4O6S2/c1-10-22(31)13(28)6-17(38-10)39-15-8-27(36,16(30)9-29)7-12-19(15)26(35)21-20(24(12)33)23(32)11-4-3-5-14(37-2)18(11)25(21)34;1-6-16-21(30)28-20(14(4)5)24(33)34-15-9-7-8-10-35-36-12-17(22(31)25-16)26-23(32)19(13(2)3)27-18(29)11-15/h3-5,10,13,15,17,22,29,31,33,35-36H,6-9,28H2,1-2H3;6-7,9,13-15,17,19-20H,8,10-12H2,1-5H3,(H,25,31)(H,26,32)(H,27,29)(H,28,30)/b;9-7+,16-6-/t10-,13-,15-,17-,22+,27-;15-,17+,19+,20-/m00/s1. The summed E-state index contributed by atoms with van der Waals surface area (Å²) in [5, 5.41) is 64.4. The number of amides is 4. The van der Waals surface area contributed by atoms with Crippen LogP contribution in [0.15, 0.2) is 42.1 Å². The molecule has 10 atom stereocenters. The van der Waals surface area contributed by atoms with Crippen LogP contribution in [0.25, 0.3) is 0 Å². The van der Waals surface area contributed by atoms with Crippen LogP contribution in [0.1, 0.15) is 116 Å². The van der Waals surface area contributed by atoms with Gasteiger partial charge in [0.05, 0.1) is 48.5 Å². The highest BCUT2D eigenvalue weighted by Gasteiger charge is 2.50. The first-order chi connectivity index (χ1) is 35.5. The number of allylic oxidation sites excluding steroid dienone is 2. The van der Waals surface area contributed by atoms with Gasteiger partial charge in [-0.15, -0.1) is 0 Å². The molecular formula is C51H65N5O17S2. The number of ketones is 3. The van der Waals surface area contributed by atoms with Crippen molar-refractivity contribution in [2.75, 3.05) is 25.2 Å². The average molecular weight is 1080 g/mol. The molecule has 4 amide bonds. The van der Waals surface area contributed by atoms with Crippen molar-refractivity contribution in [2.45, 2.75) is 134 Å². The lowest BCUT2D eigenvalue weighted by Gasteiger charge is -2.42. The van der Waals surface area contributed by atoms with Crippen LogP contribution in [0.3, 0.4) is 0 Å². The molecule has 3 aliphatic heterocycles. The van der Waals surface area contributed by atoms with E-state index in [1.54, 1.807) is 47.6 Å². The van der Waals surface area contributed by atoms with Crippen LogP contribution in [0.2, 0.25) is 0 Å². The van der Waals surface area contributed by atoms with E-state index in [1.165, 1.54) is 53.0 Å². The normalized spacial score (nSPS) is 29.7. The van der Waals surface area contributed by atoms with Gasteiger partial charge >= 0.3 is 5.97 Å². The Labute approximate surface area is 440 Å². The molecule has 7 rings (SSSR count). The van der Waals surface area contributed by atoms with Crippen molar-refractivity contribution < 1.29 is 82.8 Å². The molecule has 11 N–H and O–H groups in total. The van der Waals surface area contributed by atoms with Crippen molar-refractivity contribution in [2.24, 2.45) is 17.6 Å². The third kappa shape index (κ3) is 12.9. The second-order valence-corrected chi connectivity index (χ2v) is 22.0. The van der Waals surface area contributed by atoms with Crippen molar-refractivity contribution in [3.8, 4) is 17.2 Å². The van der Waals surface area contributed by atoms with E-state index in [1.807, 2.05) is 6.08 Å². The molecule has 0 saturated carbocycles. The van der Waals surface area contributed by atoms with Crippen LogP contribution >= 0.6 is 21.6 Å². The van der Waals surface area contributed by atoms with Gasteiger partial charge in [-0.2, -0.15) is 0 Å². The van der Waals surface area contributed by atoms with Crippen LogP contribution in [0.5, 0.6) is 17.2 Å². The summed E-state index contributed by atoms with van der Waals surface area (Å²) >= 11 is 0. The number of hydrogen-bond acceptors (Lipinski definition) is 20. The summed E-state index contributed by atoms with van der Waals surface area (Å²) in [6, 6.07) is 0.771. The molecule has 2 aromatic carbocycles. The molecule has 22 nitrogen and oxygen atoms in total. The SMILES string of the molecule is C/C=C1\NC(=O)[C@H]2CSSCC/C=C/[C@@H](CC(=O)N[C@H](C(C)C)C(=O)N2)OC(=O)[C@H](C(C)C)NC1=O.COc1cccc2c1C(=O)c1c(O)c3c(c(O)c1C2=O)C[C@@](O)(C(=O)CO)C[C@@H]3O[C@H]1C[C@H](N)[C@H](O)[C@H](C)O1. The molecule has 2 aliphatic carbocycles. The summed E-state index contributed by atoms with van der Waals surface area (Å²) in [6.07, 6.45) is -0.614. The number of hydrogen-bond donors (Lipinski definition) is 10. The van der Waals surface area contributed by atoms with Gasteiger partial charge in [-0.25, -0.2) is 4.79 Å². The molecule has 24 heteroatoms. The Balaban J connectivity index is 0.000000245. The summed E-state index contributed by atoms with van der Waals surface area (Å²) in [6.45, 7) is 9.22. The average Bonchev–Trinajstić information content (AvgIpc) is 3.36. The number of aliphatic hydroxyl groups is 3. The molecule has 3 heterocycles. The number of esters is 1. The second-order valence-electron chi connectivity index (χ2n) is 19.4. The number of phenols is 2. The van der Waals surface area contributed by atoms with Gasteiger partial charge in [0, 0.05) is 53.5 Å². The zero-order chi connectivity index (χ0) is 55.2. The van der Waals surface area contributed by atoms with E-state index in [0.717, 1.165) is 0 Å². The number of Topliss-reactive ketones (excluding diaryl/α,β-unsaturated/α-hetero) is 1. The Kier molecular flexibility index (Phi) is 19.4. The molecule has 0 radical (unpaired) electrons. The van der Waals surface area contributed by atoms with Gasteiger partial charge < -0.3 is 71.5 Å². The van der Waals surface area contributed by atoms with E-state index < -0.39 is 149 Å². The maximum atomic E-state index is 13.6. The first-order valence-electron chi connectivity index (χ1n) is 24.4. The molecule has 0 unspecified atom stereocenters. The first-order valence-corrected chi connectivity index (χ1v) is 26.9. The third-order valence-corrected chi connectivity index (χ3v) is 15.8. The van der Waals surface area contributed by atoms with Crippen molar-refractivity contribution >= 4 is 68.5 Å². The number of methoxy groups -OCH3 is 1. The highest BCUT2D eigenvalue weighted by atomic mass is 33.1. The van der Waals surface area contributed by atoms with Gasteiger partial charge in [-0.05, 0) is 44.2 Å². The van der Waals surface area contributed by atoms with Crippen LogP contribution in [-0.2, 0) is 49.4 Å². The van der Waals surface area contributed by atoms with E-state index in [9.17, 15) is 63.9 Å². The van der Waals surface area contributed by atoms with Gasteiger partial charge in [-0.1, -0.05) is 73.6 Å². The summed E-state index contributed by atoms with van der Waals surface area (Å²) < 4.78 is 22.6. The molecule has 0 spiro atoms. The Morgan fingerprint density at radius 1 is 0.947 bits per heavy atom. The molecule has 75 heavy (non-hydrogen) atoms. The topological polar surface area (TPSA) is 349 Å². The maximum absolute atomic E-state index is 13.6. The highest BCUT2D eigenvalue weighted by molar-refractivity contribution is 8.76. The molecule has 408 valence electrons. The van der Waals surface area contributed by atoms with Crippen molar-refractivity contribution in [1.29, 1.82) is 0 Å². The minimum Gasteiger partial charge on any atom is -0.507 e. The number of carbonyl (C=O) groups excluding carboxylic acids is 8. The number of rotatable bonds is 7. The van der Waals surface area contributed by atoms with Crippen LogP contribution < -0.4 is 31.7 Å². The number of fused-ring (bicyclic) bond motifs is 10. The molecular weight excluding hydrogens is 1020 g/mol. The first kappa shape index (κ1) is 58.4. The summed E-state index contributed by atoms with van der Waals surface area (Å²) in [5.74, 6) is -6.32. The number of nitrogens with one attached hydrogen (secondary N) is 4. The zero-order valence-electron chi connectivity index (χ0n) is 42.5. The molecule has 2 saturated heterocycles. The minimum atomic E-state index is -2.24. The van der Waals surface area contributed by atoms with Crippen LogP contribution in [-0.4, -0.2) is 152 Å². The van der Waals surface area contributed by atoms with Gasteiger partial charge in [0.2, 0.25) is 23.5 Å². The van der Waals surface area contributed by atoms with Crippen molar-refractivity contribution in [1.82, 2.24) is 21.3 Å². The fourth-order valence-electron chi connectivity index (χ4n) is 9.25. The number of nitrogens with two attached hydrogens (primary N) is 1. The number of benzene rings is 2. The number of aromatic hydroxyl groups is 2. The van der Waals surface area contributed by atoms with Crippen LogP contribution in [0, 0.1) is 11.8 Å². The lowest BCUT2D eigenvalue weighted by atomic mass is 9.72. The lowest BCUT2D eigenvalue weighted by Crippen LogP contribution is -2.57. The summed E-state index contributed by atoms with van der Waals surface area (Å²) in [4.78, 5) is 105. The number of aliphatic hydroxyl groups excluding tert-OH is 2. The molecule has 2 aromatic rings. The smallest absolute Gasteiger partial charge is 0.329 e. The van der Waals surface area contributed by atoms with E-state index >= 15 is 0 Å². The Morgan fingerprint density at radius 3 is 2.28 bits per heavy atom. The van der Waals surface area contributed by atoms with Gasteiger partial charge in [0.15, 0.2) is 17.9 Å². The van der Waals surface area contributed by atoms with Crippen molar-refractivity contribution in [3.63, 3.8) is 0 Å². The second kappa shape index (κ2) is 24.9. The fraction of sp³-hybridized carbons (Fsp3) is 0.529. The third-order valence-electron chi connectivity index (χ3n) is 13.4. The van der Waals surface area contributed by atoms with E-state index in [-0.39, 0.29) is 64.1 Å². The fourth-order valence-corrected chi connectivity index (χ4v) is 11.4.